The fourth-order valence-corrected chi connectivity index (χ4v) is 1.46. The van der Waals surface area contributed by atoms with Crippen LogP contribution in [0, 0.1) is 5.92 Å². The van der Waals surface area contributed by atoms with Crippen molar-refractivity contribution in [2.45, 2.75) is 38.8 Å². The first-order valence-electron chi connectivity index (χ1n) is 5.09. The van der Waals surface area contributed by atoms with Crippen molar-refractivity contribution in [3.05, 3.63) is 0 Å². The lowest BCUT2D eigenvalue weighted by Crippen LogP contribution is -2.53. The average Bonchev–Trinajstić information content (AvgIpc) is 2.53. The lowest BCUT2D eigenvalue weighted by atomic mass is 9.99. The molecular weight excluding hydrogens is 180 g/mol. The van der Waals surface area contributed by atoms with Gasteiger partial charge in [0.2, 0.25) is 5.91 Å². The molecule has 1 rings (SSSR count). The van der Waals surface area contributed by atoms with Gasteiger partial charge in [0.15, 0.2) is 0 Å². The molecule has 1 fully saturated rings. The molecule has 0 saturated carbocycles. The Hall–Kier alpha value is -0.610. The standard InChI is InChI=1S/C10H20N2O2/c1-7(8-4-5-14-6-8)12-9(13)10(2,3)11/h7-8H,4-6,11H2,1-3H3,(H,12,13). The smallest absolute Gasteiger partial charge is 0.239 e. The van der Waals surface area contributed by atoms with Crippen LogP contribution in [0.4, 0.5) is 0 Å². The average molecular weight is 200 g/mol. The number of rotatable bonds is 3. The van der Waals surface area contributed by atoms with Crippen molar-refractivity contribution in [2.75, 3.05) is 13.2 Å². The molecule has 4 heteroatoms. The molecule has 2 atom stereocenters. The van der Waals surface area contributed by atoms with Gasteiger partial charge >= 0.3 is 0 Å². The minimum Gasteiger partial charge on any atom is -0.381 e. The molecule has 1 amide bonds. The number of hydrogen-bond donors (Lipinski definition) is 2. The summed E-state index contributed by atoms with van der Waals surface area (Å²) >= 11 is 0. The summed E-state index contributed by atoms with van der Waals surface area (Å²) in [6.07, 6.45) is 1.02. The maximum absolute atomic E-state index is 11.6. The highest BCUT2D eigenvalue weighted by Crippen LogP contribution is 2.16. The highest BCUT2D eigenvalue weighted by molar-refractivity contribution is 5.85. The number of ether oxygens (including phenoxy) is 1. The van der Waals surface area contributed by atoms with Gasteiger partial charge in [-0.15, -0.1) is 0 Å². The van der Waals surface area contributed by atoms with Crippen molar-refractivity contribution in [1.82, 2.24) is 5.32 Å². The summed E-state index contributed by atoms with van der Waals surface area (Å²) in [6, 6.07) is 0.146. The zero-order valence-corrected chi connectivity index (χ0v) is 9.17. The highest BCUT2D eigenvalue weighted by Gasteiger charge is 2.28. The molecule has 3 N–H and O–H groups in total. The van der Waals surface area contributed by atoms with E-state index in [1.54, 1.807) is 13.8 Å². The third kappa shape index (κ3) is 2.96. The van der Waals surface area contributed by atoms with E-state index in [1.165, 1.54) is 0 Å². The van der Waals surface area contributed by atoms with Gasteiger partial charge in [-0.05, 0) is 27.2 Å². The molecular formula is C10H20N2O2. The minimum absolute atomic E-state index is 0.100. The fourth-order valence-electron chi connectivity index (χ4n) is 1.46. The summed E-state index contributed by atoms with van der Waals surface area (Å²) in [6.45, 7) is 6.97. The van der Waals surface area contributed by atoms with Crippen LogP contribution in [0.15, 0.2) is 0 Å². The molecule has 4 nitrogen and oxygen atoms in total. The zero-order chi connectivity index (χ0) is 10.8. The molecule has 14 heavy (non-hydrogen) atoms. The number of carbonyl (C=O) groups excluding carboxylic acids is 1. The number of carbonyl (C=O) groups is 1. The van der Waals surface area contributed by atoms with Crippen LogP contribution in [0.5, 0.6) is 0 Å². The molecule has 0 aliphatic carbocycles. The van der Waals surface area contributed by atoms with E-state index in [0.29, 0.717) is 5.92 Å². The molecule has 0 aromatic rings. The summed E-state index contributed by atoms with van der Waals surface area (Å²) in [7, 11) is 0. The maximum Gasteiger partial charge on any atom is 0.239 e. The van der Waals surface area contributed by atoms with Gasteiger partial charge < -0.3 is 15.8 Å². The van der Waals surface area contributed by atoms with Gasteiger partial charge in [-0.3, -0.25) is 4.79 Å². The van der Waals surface area contributed by atoms with Gasteiger partial charge in [-0.2, -0.15) is 0 Å². The predicted molar refractivity (Wildman–Crippen MR) is 54.8 cm³/mol. The van der Waals surface area contributed by atoms with Gasteiger partial charge in [0.25, 0.3) is 0 Å². The van der Waals surface area contributed by atoms with Crippen LogP contribution in [-0.4, -0.2) is 30.7 Å². The SMILES string of the molecule is CC(NC(=O)C(C)(C)N)C1CCOC1. The second-order valence-corrected chi connectivity index (χ2v) is 4.61. The maximum atomic E-state index is 11.6. The molecule has 2 unspecified atom stereocenters. The highest BCUT2D eigenvalue weighted by atomic mass is 16.5. The van der Waals surface area contributed by atoms with Crippen LogP contribution in [0.25, 0.3) is 0 Å². The van der Waals surface area contributed by atoms with Crippen molar-refractivity contribution < 1.29 is 9.53 Å². The Kier molecular flexibility index (Phi) is 3.50. The minimum atomic E-state index is -0.798. The Morgan fingerprint density at radius 2 is 2.29 bits per heavy atom. The van der Waals surface area contributed by atoms with E-state index in [1.807, 2.05) is 6.92 Å². The summed E-state index contributed by atoms with van der Waals surface area (Å²) in [5.74, 6) is 0.332. The number of amides is 1. The fraction of sp³-hybridized carbons (Fsp3) is 0.900. The van der Waals surface area contributed by atoms with Gasteiger partial charge in [-0.25, -0.2) is 0 Å². The van der Waals surface area contributed by atoms with Crippen molar-refractivity contribution in [2.24, 2.45) is 11.7 Å². The normalized spacial score (nSPS) is 24.7. The third-order valence-corrected chi connectivity index (χ3v) is 2.62. The Morgan fingerprint density at radius 3 is 2.71 bits per heavy atom. The third-order valence-electron chi connectivity index (χ3n) is 2.62. The van der Waals surface area contributed by atoms with Gasteiger partial charge in [0.05, 0.1) is 12.1 Å². The summed E-state index contributed by atoms with van der Waals surface area (Å²) in [5, 5.41) is 2.92. The first kappa shape index (κ1) is 11.5. The molecule has 0 bridgehead atoms. The van der Waals surface area contributed by atoms with Gasteiger partial charge in [-0.1, -0.05) is 0 Å². The largest absolute Gasteiger partial charge is 0.381 e. The first-order chi connectivity index (χ1) is 6.41. The predicted octanol–water partition coefficient (Wildman–Crippen LogP) is 0.265. The van der Waals surface area contributed by atoms with E-state index >= 15 is 0 Å². The molecule has 82 valence electrons. The van der Waals surface area contributed by atoms with E-state index in [4.69, 9.17) is 10.5 Å². The van der Waals surface area contributed by atoms with Crippen LogP contribution in [0.3, 0.4) is 0 Å². The van der Waals surface area contributed by atoms with Gasteiger partial charge in [0, 0.05) is 18.6 Å². The second kappa shape index (κ2) is 4.28. The van der Waals surface area contributed by atoms with E-state index in [9.17, 15) is 4.79 Å². The molecule has 0 aromatic heterocycles. The van der Waals surface area contributed by atoms with E-state index in [2.05, 4.69) is 5.32 Å². The van der Waals surface area contributed by atoms with Crippen molar-refractivity contribution in [3.8, 4) is 0 Å². The van der Waals surface area contributed by atoms with Crippen LogP contribution < -0.4 is 11.1 Å². The molecule has 1 saturated heterocycles. The van der Waals surface area contributed by atoms with E-state index < -0.39 is 5.54 Å². The van der Waals surface area contributed by atoms with E-state index in [-0.39, 0.29) is 11.9 Å². The van der Waals surface area contributed by atoms with Crippen molar-refractivity contribution in [1.29, 1.82) is 0 Å². The van der Waals surface area contributed by atoms with Crippen molar-refractivity contribution in [3.63, 3.8) is 0 Å². The molecule has 0 spiro atoms. The molecule has 0 aromatic carbocycles. The number of hydrogen-bond acceptors (Lipinski definition) is 3. The Labute approximate surface area is 85.2 Å². The van der Waals surface area contributed by atoms with Gasteiger partial charge in [0.1, 0.15) is 0 Å². The molecule has 1 aliphatic heterocycles. The molecule has 1 aliphatic rings. The summed E-state index contributed by atoms with van der Waals surface area (Å²) in [5.41, 5.74) is 4.88. The topological polar surface area (TPSA) is 64.4 Å². The molecule has 1 heterocycles. The number of nitrogens with two attached hydrogens (primary N) is 1. The van der Waals surface area contributed by atoms with Crippen LogP contribution in [-0.2, 0) is 9.53 Å². The Morgan fingerprint density at radius 1 is 1.64 bits per heavy atom. The number of nitrogens with one attached hydrogen (secondary N) is 1. The quantitative estimate of drug-likeness (QED) is 0.687. The van der Waals surface area contributed by atoms with Crippen LogP contribution in [0.1, 0.15) is 27.2 Å². The summed E-state index contributed by atoms with van der Waals surface area (Å²) < 4.78 is 5.26. The lowest BCUT2D eigenvalue weighted by Gasteiger charge is -2.24. The zero-order valence-electron chi connectivity index (χ0n) is 9.17. The van der Waals surface area contributed by atoms with E-state index in [0.717, 1.165) is 19.6 Å². The van der Waals surface area contributed by atoms with Crippen molar-refractivity contribution >= 4 is 5.91 Å². The summed E-state index contributed by atoms with van der Waals surface area (Å²) in [4.78, 5) is 11.6. The Balaban J connectivity index is 2.39. The molecule has 0 radical (unpaired) electrons. The van der Waals surface area contributed by atoms with Crippen LogP contribution in [0.2, 0.25) is 0 Å². The van der Waals surface area contributed by atoms with Crippen LogP contribution >= 0.6 is 0 Å². The first-order valence-corrected chi connectivity index (χ1v) is 5.09. The second-order valence-electron chi connectivity index (χ2n) is 4.61. The Bertz CT molecular complexity index is 205. The lowest BCUT2D eigenvalue weighted by molar-refractivity contribution is -0.126. The monoisotopic (exact) mass is 200 g/mol.